The van der Waals surface area contributed by atoms with E-state index in [4.69, 9.17) is 4.74 Å². The van der Waals surface area contributed by atoms with Gasteiger partial charge in [0.2, 0.25) is 0 Å². The van der Waals surface area contributed by atoms with Crippen LogP contribution in [0.3, 0.4) is 0 Å². The number of aromatic nitrogens is 2. The standard InChI is InChI=1S/C18H16F2N2O2/c1-18(2,23)12-6-16-17(21-8-12)7-13(9-22-16)24-10-11-3-4-14(19)15(20)5-11/h3-9,23H,10H2,1-2H3. The maximum atomic E-state index is 13.2. The van der Waals surface area contributed by atoms with Crippen LogP contribution in [0.5, 0.6) is 5.75 Å². The second kappa shape index (κ2) is 6.13. The quantitative estimate of drug-likeness (QED) is 0.792. The van der Waals surface area contributed by atoms with Crippen LogP contribution in [-0.2, 0) is 12.2 Å². The average molecular weight is 330 g/mol. The lowest BCUT2D eigenvalue weighted by atomic mass is 10.0. The van der Waals surface area contributed by atoms with E-state index in [0.29, 0.717) is 27.9 Å². The highest BCUT2D eigenvalue weighted by atomic mass is 19.2. The van der Waals surface area contributed by atoms with Gasteiger partial charge in [-0.3, -0.25) is 9.97 Å². The van der Waals surface area contributed by atoms with Crippen LogP contribution in [0.2, 0.25) is 0 Å². The molecular weight excluding hydrogens is 314 g/mol. The van der Waals surface area contributed by atoms with Gasteiger partial charge < -0.3 is 9.84 Å². The Morgan fingerprint density at radius 3 is 2.42 bits per heavy atom. The number of benzene rings is 1. The molecule has 0 atom stereocenters. The Kier molecular flexibility index (Phi) is 4.15. The summed E-state index contributed by atoms with van der Waals surface area (Å²) in [5, 5.41) is 10.0. The number of pyridine rings is 2. The number of fused-ring (bicyclic) bond motifs is 1. The molecule has 3 rings (SSSR count). The number of hydrogen-bond acceptors (Lipinski definition) is 4. The molecule has 4 nitrogen and oxygen atoms in total. The highest BCUT2D eigenvalue weighted by Gasteiger charge is 2.17. The number of nitrogens with zero attached hydrogens (tertiary/aromatic N) is 2. The molecule has 2 aromatic heterocycles. The predicted molar refractivity (Wildman–Crippen MR) is 85.5 cm³/mol. The molecule has 2 heterocycles. The zero-order chi connectivity index (χ0) is 17.3. The van der Waals surface area contributed by atoms with Crippen molar-refractivity contribution in [3.63, 3.8) is 0 Å². The Labute approximate surface area is 137 Å². The smallest absolute Gasteiger partial charge is 0.159 e. The van der Waals surface area contributed by atoms with Crippen LogP contribution < -0.4 is 4.74 Å². The van der Waals surface area contributed by atoms with Crippen LogP contribution >= 0.6 is 0 Å². The number of rotatable bonds is 4. The van der Waals surface area contributed by atoms with E-state index in [-0.39, 0.29) is 6.61 Å². The zero-order valence-corrected chi connectivity index (χ0v) is 13.3. The number of hydrogen-bond donors (Lipinski definition) is 1. The first-order valence-corrected chi connectivity index (χ1v) is 7.38. The lowest BCUT2D eigenvalue weighted by molar-refractivity contribution is 0.0784. The Balaban J connectivity index is 1.79. The van der Waals surface area contributed by atoms with Crippen LogP contribution in [0.15, 0.2) is 42.7 Å². The first-order chi connectivity index (χ1) is 11.3. The summed E-state index contributed by atoms with van der Waals surface area (Å²) in [5.41, 5.74) is 1.43. The Morgan fingerprint density at radius 1 is 1.00 bits per heavy atom. The van der Waals surface area contributed by atoms with Gasteiger partial charge in [-0.15, -0.1) is 0 Å². The molecule has 1 aromatic carbocycles. The van der Waals surface area contributed by atoms with Crippen molar-refractivity contribution in [3.8, 4) is 5.75 Å². The highest BCUT2D eigenvalue weighted by molar-refractivity contribution is 5.75. The number of ether oxygens (including phenoxy) is 1. The van der Waals surface area contributed by atoms with E-state index < -0.39 is 17.2 Å². The third-order valence-corrected chi connectivity index (χ3v) is 3.60. The van der Waals surface area contributed by atoms with E-state index in [1.54, 1.807) is 32.2 Å². The van der Waals surface area contributed by atoms with Gasteiger partial charge in [-0.2, -0.15) is 0 Å². The summed E-state index contributed by atoms with van der Waals surface area (Å²) in [5.74, 6) is -1.33. The van der Waals surface area contributed by atoms with Gasteiger partial charge in [0.25, 0.3) is 0 Å². The van der Waals surface area contributed by atoms with Crippen LogP contribution in [0, 0.1) is 11.6 Å². The third-order valence-electron chi connectivity index (χ3n) is 3.60. The Morgan fingerprint density at radius 2 is 1.71 bits per heavy atom. The predicted octanol–water partition coefficient (Wildman–Crippen LogP) is 3.71. The largest absolute Gasteiger partial charge is 0.487 e. The van der Waals surface area contributed by atoms with Gasteiger partial charge in [0, 0.05) is 17.8 Å². The molecule has 0 saturated heterocycles. The molecule has 0 unspecified atom stereocenters. The fourth-order valence-electron chi connectivity index (χ4n) is 2.19. The van der Waals surface area contributed by atoms with Crippen LogP contribution in [-0.4, -0.2) is 15.1 Å². The van der Waals surface area contributed by atoms with Crippen molar-refractivity contribution in [1.29, 1.82) is 0 Å². The molecule has 24 heavy (non-hydrogen) atoms. The monoisotopic (exact) mass is 330 g/mol. The normalized spacial score (nSPS) is 11.7. The van der Waals surface area contributed by atoms with Crippen molar-refractivity contribution in [2.75, 3.05) is 0 Å². The van der Waals surface area contributed by atoms with Crippen molar-refractivity contribution >= 4 is 11.0 Å². The minimum atomic E-state index is -0.995. The molecule has 0 spiro atoms. The molecule has 6 heteroatoms. The van der Waals surface area contributed by atoms with E-state index >= 15 is 0 Å². The molecule has 124 valence electrons. The molecule has 0 radical (unpaired) electrons. The summed E-state index contributed by atoms with van der Waals surface area (Å²) in [7, 11) is 0. The minimum absolute atomic E-state index is 0.0894. The highest BCUT2D eigenvalue weighted by Crippen LogP contribution is 2.24. The van der Waals surface area contributed by atoms with E-state index in [1.165, 1.54) is 12.3 Å². The van der Waals surface area contributed by atoms with Crippen molar-refractivity contribution in [3.05, 3.63) is 65.5 Å². The van der Waals surface area contributed by atoms with Crippen molar-refractivity contribution < 1.29 is 18.6 Å². The SMILES string of the molecule is CC(C)(O)c1cnc2cc(OCc3ccc(F)c(F)c3)cnc2c1. The van der Waals surface area contributed by atoms with E-state index in [9.17, 15) is 13.9 Å². The number of aliphatic hydroxyl groups is 1. The molecule has 3 aromatic rings. The van der Waals surface area contributed by atoms with Crippen molar-refractivity contribution in [2.45, 2.75) is 26.1 Å². The molecule has 0 bridgehead atoms. The van der Waals surface area contributed by atoms with Gasteiger partial charge in [0.1, 0.15) is 12.4 Å². The van der Waals surface area contributed by atoms with Gasteiger partial charge >= 0.3 is 0 Å². The topological polar surface area (TPSA) is 55.2 Å². The fourth-order valence-corrected chi connectivity index (χ4v) is 2.19. The van der Waals surface area contributed by atoms with Crippen LogP contribution in [0.1, 0.15) is 25.0 Å². The molecule has 0 saturated carbocycles. The maximum Gasteiger partial charge on any atom is 0.159 e. The molecule has 0 amide bonds. The van der Waals surface area contributed by atoms with Gasteiger partial charge in [-0.25, -0.2) is 8.78 Å². The molecule has 0 aliphatic carbocycles. The van der Waals surface area contributed by atoms with Crippen LogP contribution in [0.4, 0.5) is 8.78 Å². The fraction of sp³-hybridized carbons (Fsp3) is 0.222. The Bertz CT molecular complexity index is 892. The van der Waals surface area contributed by atoms with Gasteiger partial charge in [0.15, 0.2) is 11.6 Å². The first-order valence-electron chi connectivity index (χ1n) is 7.38. The lowest BCUT2D eigenvalue weighted by Crippen LogP contribution is -2.15. The van der Waals surface area contributed by atoms with Crippen LogP contribution in [0.25, 0.3) is 11.0 Å². The molecular formula is C18H16F2N2O2. The van der Waals surface area contributed by atoms with Gasteiger partial charge in [0.05, 0.1) is 22.8 Å². The third kappa shape index (κ3) is 3.49. The molecule has 0 fully saturated rings. The van der Waals surface area contributed by atoms with Crippen molar-refractivity contribution in [1.82, 2.24) is 9.97 Å². The van der Waals surface area contributed by atoms with Gasteiger partial charge in [-0.05, 0) is 37.6 Å². The van der Waals surface area contributed by atoms with Crippen molar-refractivity contribution in [2.24, 2.45) is 0 Å². The molecule has 0 aliphatic heterocycles. The van der Waals surface area contributed by atoms with Gasteiger partial charge in [-0.1, -0.05) is 6.07 Å². The van der Waals surface area contributed by atoms with E-state index in [1.807, 2.05) is 0 Å². The first kappa shape index (κ1) is 16.3. The zero-order valence-electron chi connectivity index (χ0n) is 13.3. The summed E-state index contributed by atoms with van der Waals surface area (Å²) in [4.78, 5) is 8.54. The number of halogens is 2. The van der Waals surface area contributed by atoms with E-state index in [0.717, 1.165) is 12.1 Å². The summed E-state index contributed by atoms with van der Waals surface area (Å²) in [6.45, 7) is 3.44. The molecule has 1 N–H and O–H groups in total. The summed E-state index contributed by atoms with van der Waals surface area (Å²) >= 11 is 0. The summed E-state index contributed by atoms with van der Waals surface area (Å²) in [6.07, 6.45) is 3.11. The second-order valence-electron chi connectivity index (χ2n) is 6.03. The lowest BCUT2D eigenvalue weighted by Gasteiger charge is -2.17. The molecule has 0 aliphatic rings. The van der Waals surface area contributed by atoms with E-state index in [2.05, 4.69) is 9.97 Å². The summed E-state index contributed by atoms with van der Waals surface area (Å²) < 4.78 is 31.6. The summed E-state index contributed by atoms with van der Waals surface area (Å²) in [6, 6.07) is 7.09. The second-order valence-corrected chi connectivity index (χ2v) is 6.03. The maximum absolute atomic E-state index is 13.2. The minimum Gasteiger partial charge on any atom is -0.487 e. The Hall–Kier alpha value is -2.60. The average Bonchev–Trinajstić information content (AvgIpc) is 2.54.